The summed E-state index contributed by atoms with van der Waals surface area (Å²) in [7, 11) is 0. The molecule has 0 amide bonds. The van der Waals surface area contributed by atoms with Crippen molar-refractivity contribution in [2.45, 2.75) is 39.1 Å². The Morgan fingerprint density at radius 1 is 1.35 bits per heavy atom. The van der Waals surface area contributed by atoms with E-state index in [-0.39, 0.29) is 0 Å². The van der Waals surface area contributed by atoms with Crippen molar-refractivity contribution in [3.8, 4) is 0 Å². The van der Waals surface area contributed by atoms with E-state index >= 15 is 0 Å². The highest BCUT2D eigenvalue weighted by molar-refractivity contribution is 6.16. The van der Waals surface area contributed by atoms with E-state index in [1.807, 2.05) is 18.3 Å². The number of hydrogen-bond donors (Lipinski definition) is 0. The van der Waals surface area contributed by atoms with E-state index in [0.717, 1.165) is 23.5 Å². The molecule has 92 valence electrons. The molecule has 0 aliphatic carbocycles. The predicted molar refractivity (Wildman–Crippen MR) is 71.2 cm³/mol. The van der Waals surface area contributed by atoms with Crippen LogP contribution >= 0.6 is 11.6 Å². The molecule has 2 rings (SSSR count). The van der Waals surface area contributed by atoms with Gasteiger partial charge < -0.3 is 4.57 Å². The third kappa shape index (κ3) is 2.44. The number of alkyl halides is 1. The highest BCUT2D eigenvalue weighted by atomic mass is 35.5. The Bertz CT molecular complexity index is 488. The largest absolute Gasteiger partial charge is 0.311 e. The van der Waals surface area contributed by atoms with Gasteiger partial charge in [-0.1, -0.05) is 26.7 Å². The molecule has 2 aromatic heterocycles. The summed E-state index contributed by atoms with van der Waals surface area (Å²) in [5.41, 5.74) is 1.89. The van der Waals surface area contributed by atoms with Gasteiger partial charge in [-0.25, -0.2) is 9.97 Å². The Hall–Kier alpha value is -1.09. The molecule has 2 aromatic rings. The second kappa shape index (κ2) is 5.50. The normalized spacial score (nSPS) is 11.5. The number of imidazole rings is 1. The fraction of sp³-hybridized carbons (Fsp3) is 0.538. The number of rotatable bonds is 5. The minimum Gasteiger partial charge on any atom is -0.311 e. The van der Waals surface area contributed by atoms with Crippen molar-refractivity contribution >= 4 is 22.8 Å². The van der Waals surface area contributed by atoms with Crippen LogP contribution in [0.4, 0.5) is 0 Å². The van der Waals surface area contributed by atoms with Crippen molar-refractivity contribution in [1.29, 1.82) is 0 Å². The van der Waals surface area contributed by atoms with Gasteiger partial charge in [-0.05, 0) is 18.1 Å². The Morgan fingerprint density at radius 2 is 2.12 bits per heavy atom. The van der Waals surface area contributed by atoms with Gasteiger partial charge in [-0.2, -0.15) is 0 Å². The summed E-state index contributed by atoms with van der Waals surface area (Å²) >= 11 is 5.96. The molecule has 0 saturated carbocycles. The lowest BCUT2D eigenvalue weighted by Gasteiger charge is -2.14. The fourth-order valence-corrected chi connectivity index (χ4v) is 2.31. The van der Waals surface area contributed by atoms with Gasteiger partial charge >= 0.3 is 0 Å². The van der Waals surface area contributed by atoms with Crippen molar-refractivity contribution in [2.75, 3.05) is 0 Å². The van der Waals surface area contributed by atoms with E-state index in [1.165, 1.54) is 12.8 Å². The van der Waals surface area contributed by atoms with Gasteiger partial charge in [-0.15, -0.1) is 11.6 Å². The Morgan fingerprint density at radius 3 is 2.76 bits per heavy atom. The second-order valence-electron chi connectivity index (χ2n) is 4.30. The number of nitrogens with zero attached hydrogens (tertiary/aromatic N) is 3. The van der Waals surface area contributed by atoms with Gasteiger partial charge in [0, 0.05) is 12.7 Å². The second-order valence-corrected chi connectivity index (χ2v) is 4.57. The highest BCUT2D eigenvalue weighted by Gasteiger charge is 2.13. The lowest BCUT2D eigenvalue weighted by Crippen LogP contribution is -2.12. The number of fused-ring (bicyclic) bond motifs is 1. The summed E-state index contributed by atoms with van der Waals surface area (Å²) < 4.78 is 2.17. The van der Waals surface area contributed by atoms with Crippen LogP contribution < -0.4 is 0 Å². The minimum atomic E-state index is 0.441. The van der Waals surface area contributed by atoms with E-state index in [0.29, 0.717) is 11.8 Å². The van der Waals surface area contributed by atoms with Crippen LogP contribution in [0.1, 0.15) is 32.5 Å². The molecule has 0 N–H and O–H groups in total. The third-order valence-corrected chi connectivity index (χ3v) is 3.54. The molecule has 0 saturated heterocycles. The zero-order valence-electron chi connectivity index (χ0n) is 10.4. The van der Waals surface area contributed by atoms with E-state index in [2.05, 4.69) is 28.4 Å². The van der Waals surface area contributed by atoms with Crippen LogP contribution in [0.5, 0.6) is 0 Å². The number of halogens is 1. The molecule has 0 unspecified atom stereocenters. The first-order chi connectivity index (χ1) is 8.30. The molecule has 0 aliphatic rings. The average Bonchev–Trinajstić information content (AvgIpc) is 2.73. The zero-order valence-corrected chi connectivity index (χ0v) is 11.1. The van der Waals surface area contributed by atoms with Crippen LogP contribution in [0.3, 0.4) is 0 Å². The van der Waals surface area contributed by atoms with Gasteiger partial charge in [0.1, 0.15) is 11.3 Å². The SMILES string of the molecule is CCC(CC)Cn1c(CCl)nc2cccnc21. The standard InChI is InChI=1S/C13H18ClN3/c1-3-10(4-2)9-17-12(8-14)16-11-6-5-7-15-13(11)17/h5-7,10H,3-4,8-9H2,1-2H3. The van der Waals surface area contributed by atoms with Gasteiger partial charge in [0.25, 0.3) is 0 Å². The number of hydrogen-bond acceptors (Lipinski definition) is 2. The minimum absolute atomic E-state index is 0.441. The van der Waals surface area contributed by atoms with E-state index in [4.69, 9.17) is 11.6 Å². The monoisotopic (exact) mass is 251 g/mol. The molecule has 0 aliphatic heterocycles. The molecular weight excluding hydrogens is 234 g/mol. The smallest absolute Gasteiger partial charge is 0.160 e. The van der Waals surface area contributed by atoms with E-state index in [9.17, 15) is 0 Å². The first kappa shape index (κ1) is 12.4. The van der Waals surface area contributed by atoms with E-state index in [1.54, 1.807) is 0 Å². The molecule has 0 spiro atoms. The summed E-state index contributed by atoms with van der Waals surface area (Å²) in [5, 5.41) is 0. The van der Waals surface area contributed by atoms with Gasteiger partial charge in [0.05, 0.1) is 5.88 Å². The predicted octanol–water partition coefficient (Wildman–Crippen LogP) is 3.61. The maximum absolute atomic E-state index is 5.96. The Kier molecular flexibility index (Phi) is 4.00. The van der Waals surface area contributed by atoms with E-state index < -0.39 is 0 Å². The molecule has 0 aromatic carbocycles. The topological polar surface area (TPSA) is 30.7 Å². The Labute approximate surface area is 107 Å². The first-order valence-electron chi connectivity index (χ1n) is 6.16. The molecule has 0 fully saturated rings. The highest BCUT2D eigenvalue weighted by Crippen LogP contribution is 2.19. The number of pyridine rings is 1. The molecule has 2 heterocycles. The molecule has 0 radical (unpaired) electrons. The van der Waals surface area contributed by atoms with Crippen LogP contribution in [-0.2, 0) is 12.4 Å². The van der Waals surface area contributed by atoms with Gasteiger partial charge in [0.2, 0.25) is 0 Å². The van der Waals surface area contributed by atoms with Crippen molar-refractivity contribution in [1.82, 2.24) is 14.5 Å². The average molecular weight is 252 g/mol. The summed E-state index contributed by atoms with van der Waals surface area (Å²) in [6.07, 6.45) is 4.15. The summed E-state index contributed by atoms with van der Waals surface area (Å²) in [6.45, 7) is 5.41. The number of aromatic nitrogens is 3. The molecular formula is C13H18ClN3. The van der Waals surface area contributed by atoms with Crippen molar-refractivity contribution in [3.63, 3.8) is 0 Å². The van der Waals surface area contributed by atoms with Gasteiger partial charge in [-0.3, -0.25) is 0 Å². The summed E-state index contributed by atoms with van der Waals surface area (Å²) in [5.74, 6) is 2.03. The molecule has 3 nitrogen and oxygen atoms in total. The summed E-state index contributed by atoms with van der Waals surface area (Å²) in [6, 6.07) is 3.90. The van der Waals surface area contributed by atoms with Crippen LogP contribution in [0.25, 0.3) is 11.2 Å². The molecule has 0 atom stereocenters. The zero-order chi connectivity index (χ0) is 12.3. The van der Waals surface area contributed by atoms with Gasteiger partial charge in [0.15, 0.2) is 5.65 Å². The maximum Gasteiger partial charge on any atom is 0.160 e. The molecule has 0 bridgehead atoms. The van der Waals surface area contributed by atoms with Crippen LogP contribution in [0.2, 0.25) is 0 Å². The van der Waals surface area contributed by atoms with Crippen molar-refractivity contribution < 1.29 is 0 Å². The fourth-order valence-electron chi connectivity index (χ4n) is 2.10. The quantitative estimate of drug-likeness (QED) is 0.760. The van der Waals surface area contributed by atoms with Crippen LogP contribution in [0.15, 0.2) is 18.3 Å². The third-order valence-electron chi connectivity index (χ3n) is 3.30. The van der Waals surface area contributed by atoms with Crippen molar-refractivity contribution in [2.24, 2.45) is 5.92 Å². The maximum atomic E-state index is 5.96. The lowest BCUT2D eigenvalue weighted by molar-refractivity contribution is 0.418. The van der Waals surface area contributed by atoms with Crippen molar-refractivity contribution in [3.05, 3.63) is 24.2 Å². The lowest BCUT2D eigenvalue weighted by atomic mass is 10.0. The molecule has 4 heteroatoms. The van der Waals surface area contributed by atoms with Crippen LogP contribution in [0, 0.1) is 5.92 Å². The molecule has 17 heavy (non-hydrogen) atoms. The Balaban J connectivity index is 2.42. The summed E-state index contributed by atoms with van der Waals surface area (Å²) in [4.78, 5) is 8.93. The van der Waals surface area contributed by atoms with Crippen LogP contribution in [-0.4, -0.2) is 14.5 Å². The first-order valence-corrected chi connectivity index (χ1v) is 6.69.